The summed E-state index contributed by atoms with van der Waals surface area (Å²) in [6.07, 6.45) is 1.05. The van der Waals surface area contributed by atoms with Gasteiger partial charge in [-0.1, -0.05) is 49.9 Å². The Morgan fingerprint density at radius 3 is 1.33 bits per heavy atom. The van der Waals surface area contributed by atoms with Crippen molar-refractivity contribution in [3.8, 4) is 0 Å². The lowest BCUT2D eigenvalue weighted by Crippen LogP contribution is -1.95. The van der Waals surface area contributed by atoms with Gasteiger partial charge in [0.1, 0.15) is 0 Å². The van der Waals surface area contributed by atoms with Crippen LogP contribution in [-0.4, -0.2) is 11.6 Å². The molecule has 0 aromatic heterocycles. The molecule has 2 nitrogen and oxygen atoms in total. The topological polar surface area (TPSA) is 34.1 Å². The molecule has 0 bridgehead atoms. The van der Waals surface area contributed by atoms with E-state index in [1.807, 2.05) is 62.4 Å². The second kappa shape index (κ2) is 7.23. The van der Waals surface area contributed by atoms with Crippen molar-refractivity contribution in [2.75, 3.05) is 0 Å². The lowest BCUT2D eigenvalue weighted by molar-refractivity contribution is 0.0980. The van der Waals surface area contributed by atoms with Crippen LogP contribution < -0.4 is 0 Å². The fourth-order valence-electron chi connectivity index (χ4n) is 1.96. The standard InChI is InChI=1S/C18H18O2S/c1-3-17(19)13-5-9-15(10-6-13)21-16-11-7-14(8-12-16)18(20)4-2/h5-12H,3-4H2,1-2H3. The van der Waals surface area contributed by atoms with Crippen molar-refractivity contribution in [2.45, 2.75) is 36.5 Å². The highest BCUT2D eigenvalue weighted by Gasteiger charge is 2.05. The van der Waals surface area contributed by atoms with E-state index in [9.17, 15) is 9.59 Å². The molecule has 0 radical (unpaired) electrons. The first-order chi connectivity index (χ1) is 10.1. The zero-order valence-corrected chi connectivity index (χ0v) is 13.1. The molecule has 0 heterocycles. The van der Waals surface area contributed by atoms with Crippen molar-refractivity contribution in [3.05, 3.63) is 59.7 Å². The number of rotatable bonds is 6. The monoisotopic (exact) mass is 298 g/mol. The highest BCUT2D eigenvalue weighted by atomic mass is 32.2. The number of carbonyl (C=O) groups is 2. The maximum Gasteiger partial charge on any atom is 0.162 e. The van der Waals surface area contributed by atoms with Crippen molar-refractivity contribution in [1.82, 2.24) is 0 Å². The van der Waals surface area contributed by atoms with Crippen LogP contribution in [-0.2, 0) is 0 Å². The van der Waals surface area contributed by atoms with E-state index in [-0.39, 0.29) is 11.6 Å². The maximum absolute atomic E-state index is 11.6. The largest absolute Gasteiger partial charge is 0.294 e. The van der Waals surface area contributed by atoms with Crippen molar-refractivity contribution >= 4 is 23.3 Å². The SMILES string of the molecule is CCC(=O)c1ccc(Sc2ccc(C(=O)CC)cc2)cc1. The molecule has 0 unspecified atom stereocenters. The first-order valence-electron chi connectivity index (χ1n) is 7.08. The second-order valence-electron chi connectivity index (χ2n) is 4.70. The Balaban J connectivity index is 2.08. The molecule has 3 heteroatoms. The van der Waals surface area contributed by atoms with Gasteiger partial charge in [-0.15, -0.1) is 0 Å². The molecule has 108 valence electrons. The lowest BCUT2D eigenvalue weighted by Gasteiger charge is -2.04. The molecule has 0 saturated heterocycles. The van der Waals surface area contributed by atoms with E-state index < -0.39 is 0 Å². The van der Waals surface area contributed by atoms with Gasteiger partial charge < -0.3 is 0 Å². The van der Waals surface area contributed by atoms with Crippen LogP contribution in [0.15, 0.2) is 58.3 Å². The van der Waals surface area contributed by atoms with E-state index >= 15 is 0 Å². The molecule has 0 saturated carbocycles. The van der Waals surface area contributed by atoms with Crippen molar-refractivity contribution in [3.63, 3.8) is 0 Å². The third kappa shape index (κ3) is 4.05. The Labute approximate surface area is 129 Å². The van der Waals surface area contributed by atoms with Gasteiger partial charge in [-0.25, -0.2) is 0 Å². The first kappa shape index (κ1) is 15.5. The summed E-state index contributed by atoms with van der Waals surface area (Å²) in [5.74, 6) is 0.322. The van der Waals surface area contributed by atoms with Gasteiger partial charge in [-0.3, -0.25) is 9.59 Å². The van der Waals surface area contributed by atoms with Crippen molar-refractivity contribution < 1.29 is 9.59 Å². The lowest BCUT2D eigenvalue weighted by atomic mass is 10.1. The first-order valence-corrected chi connectivity index (χ1v) is 7.90. The minimum atomic E-state index is 0.161. The molecule has 0 N–H and O–H groups in total. The second-order valence-corrected chi connectivity index (χ2v) is 5.85. The van der Waals surface area contributed by atoms with E-state index in [0.29, 0.717) is 12.8 Å². The van der Waals surface area contributed by atoms with Crippen LogP contribution in [0.5, 0.6) is 0 Å². The van der Waals surface area contributed by atoms with Gasteiger partial charge in [-0.05, 0) is 24.3 Å². The van der Waals surface area contributed by atoms with Gasteiger partial charge >= 0.3 is 0 Å². The summed E-state index contributed by atoms with van der Waals surface area (Å²) < 4.78 is 0. The van der Waals surface area contributed by atoms with E-state index in [1.165, 1.54) is 0 Å². The van der Waals surface area contributed by atoms with E-state index in [2.05, 4.69) is 0 Å². The van der Waals surface area contributed by atoms with Gasteiger partial charge in [0.2, 0.25) is 0 Å². The Morgan fingerprint density at radius 2 is 1.05 bits per heavy atom. The van der Waals surface area contributed by atoms with Gasteiger partial charge in [0.05, 0.1) is 0 Å². The normalized spacial score (nSPS) is 10.4. The third-order valence-electron chi connectivity index (χ3n) is 3.23. The number of ketones is 2. The summed E-state index contributed by atoms with van der Waals surface area (Å²) in [6.45, 7) is 3.73. The van der Waals surface area contributed by atoms with Crippen LogP contribution in [0, 0.1) is 0 Å². The molecular weight excluding hydrogens is 280 g/mol. The number of carbonyl (C=O) groups excluding carboxylic acids is 2. The molecule has 2 aromatic carbocycles. The van der Waals surface area contributed by atoms with Crippen LogP contribution in [0.2, 0.25) is 0 Å². The molecule has 0 amide bonds. The fourth-order valence-corrected chi connectivity index (χ4v) is 2.78. The molecule has 0 aliphatic heterocycles. The van der Waals surface area contributed by atoms with Gasteiger partial charge in [0, 0.05) is 33.8 Å². The van der Waals surface area contributed by atoms with Crippen molar-refractivity contribution in [2.24, 2.45) is 0 Å². The van der Waals surface area contributed by atoms with Crippen LogP contribution in [0.1, 0.15) is 47.4 Å². The minimum Gasteiger partial charge on any atom is -0.294 e. The molecular formula is C18H18O2S. The highest BCUT2D eigenvalue weighted by molar-refractivity contribution is 7.99. The van der Waals surface area contributed by atoms with Crippen LogP contribution in [0.4, 0.5) is 0 Å². The summed E-state index contributed by atoms with van der Waals surface area (Å²) >= 11 is 1.62. The van der Waals surface area contributed by atoms with E-state index in [1.54, 1.807) is 11.8 Å². The fraction of sp³-hybridized carbons (Fsp3) is 0.222. The summed E-state index contributed by atoms with van der Waals surface area (Å²) in [5.41, 5.74) is 1.51. The van der Waals surface area contributed by atoms with Gasteiger partial charge in [0.15, 0.2) is 11.6 Å². The number of Topliss-reactive ketones (excluding diaryl/α,β-unsaturated/α-hetero) is 2. The van der Waals surface area contributed by atoms with Crippen LogP contribution >= 0.6 is 11.8 Å². The number of hydrogen-bond acceptors (Lipinski definition) is 3. The van der Waals surface area contributed by atoms with Crippen LogP contribution in [0.25, 0.3) is 0 Å². The third-order valence-corrected chi connectivity index (χ3v) is 4.25. The zero-order valence-electron chi connectivity index (χ0n) is 12.3. The Kier molecular flexibility index (Phi) is 5.34. The predicted molar refractivity (Wildman–Crippen MR) is 86.3 cm³/mol. The molecule has 2 rings (SSSR count). The Hall–Kier alpha value is -1.87. The molecule has 0 spiro atoms. The van der Waals surface area contributed by atoms with E-state index in [0.717, 1.165) is 20.9 Å². The minimum absolute atomic E-state index is 0.161. The summed E-state index contributed by atoms with van der Waals surface area (Å²) in [7, 11) is 0. The average molecular weight is 298 g/mol. The Bertz CT molecular complexity index is 570. The Morgan fingerprint density at radius 1 is 0.714 bits per heavy atom. The summed E-state index contributed by atoms with van der Waals surface area (Å²) in [6, 6.07) is 15.3. The van der Waals surface area contributed by atoms with E-state index in [4.69, 9.17) is 0 Å². The summed E-state index contributed by atoms with van der Waals surface area (Å²) in [4.78, 5) is 25.3. The molecule has 0 aliphatic carbocycles. The maximum atomic E-state index is 11.6. The molecule has 2 aromatic rings. The van der Waals surface area contributed by atoms with Gasteiger partial charge in [0.25, 0.3) is 0 Å². The van der Waals surface area contributed by atoms with Crippen LogP contribution in [0.3, 0.4) is 0 Å². The number of hydrogen-bond donors (Lipinski definition) is 0. The molecule has 0 fully saturated rings. The number of benzene rings is 2. The zero-order chi connectivity index (χ0) is 15.2. The molecule has 21 heavy (non-hydrogen) atoms. The smallest absolute Gasteiger partial charge is 0.162 e. The van der Waals surface area contributed by atoms with Crippen molar-refractivity contribution in [1.29, 1.82) is 0 Å². The molecule has 0 aliphatic rings. The highest BCUT2D eigenvalue weighted by Crippen LogP contribution is 2.28. The quantitative estimate of drug-likeness (QED) is 0.702. The van der Waals surface area contributed by atoms with Gasteiger partial charge in [-0.2, -0.15) is 0 Å². The summed E-state index contributed by atoms with van der Waals surface area (Å²) in [5, 5.41) is 0. The molecule has 0 atom stereocenters. The predicted octanol–water partition coefficient (Wildman–Crippen LogP) is 5.02. The average Bonchev–Trinajstić information content (AvgIpc) is 2.55.